The second-order valence-corrected chi connectivity index (χ2v) is 5.59. The molecule has 1 aliphatic heterocycles. The molecule has 1 aliphatic carbocycles. The van der Waals surface area contributed by atoms with Gasteiger partial charge in [-0.05, 0) is 39.5 Å². The van der Waals surface area contributed by atoms with Crippen molar-refractivity contribution >= 4 is 6.09 Å². The molecule has 0 aromatic heterocycles. The normalized spacial score (nSPS) is 34.7. The number of ether oxygens (including phenoxy) is 1. The molecule has 3 unspecified atom stereocenters. The van der Waals surface area contributed by atoms with Crippen molar-refractivity contribution in [2.24, 2.45) is 11.7 Å². The third kappa shape index (κ3) is 2.25. The van der Waals surface area contributed by atoms with Crippen LogP contribution in [0.5, 0.6) is 0 Å². The zero-order chi connectivity index (χ0) is 11.2. The summed E-state index contributed by atoms with van der Waals surface area (Å²) in [5, 5.41) is 0. The van der Waals surface area contributed by atoms with E-state index in [1.165, 1.54) is 0 Å². The van der Waals surface area contributed by atoms with Gasteiger partial charge in [-0.1, -0.05) is 0 Å². The van der Waals surface area contributed by atoms with Crippen LogP contribution in [0.3, 0.4) is 0 Å². The van der Waals surface area contributed by atoms with Gasteiger partial charge < -0.3 is 15.4 Å². The number of rotatable bonds is 0. The molecule has 1 amide bonds. The zero-order valence-corrected chi connectivity index (χ0v) is 9.69. The first-order chi connectivity index (χ1) is 6.88. The van der Waals surface area contributed by atoms with Gasteiger partial charge in [-0.2, -0.15) is 0 Å². The molecule has 4 nitrogen and oxygen atoms in total. The van der Waals surface area contributed by atoms with E-state index in [9.17, 15) is 4.79 Å². The molecule has 1 saturated heterocycles. The zero-order valence-electron chi connectivity index (χ0n) is 9.69. The summed E-state index contributed by atoms with van der Waals surface area (Å²) in [6.07, 6.45) is 1.78. The third-order valence-electron chi connectivity index (χ3n) is 3.09. The van der Waals surface area contributed by atoms with Crippen molar-refractivity contribution in [3.05, 3.63) is 0 Å². The van der Waals surface area contributed by atoms with Gasteiger partial charge in [-0.25, -0.2) is 4.79 Å². The van der Waals surface area contributed by atoms with Gasteiger partial charge in [-0.3, -0.25) is 0 Å². The first-order valence-electron chi connectivity index (χ1n) is 5.64. The summed E-state index contributed by atoms with van der Waals surface area (Å²) in [6.45, 7) is 6.43. The number of fused-ring (bicyclic) bond motifs is 1. The second-order valence-electron chi connectivity index (χ2n) is 5.59. The molecular formula is C11H20N2O2. The van der Waals surface area contributed by atoms with Gasteiger partial charge in [0.15, 0.2) is 0 Å². The summed E-state index contributed by atoms with van der Waals surface area (Å²) in [7, 11) is 0. The summed E-state index contributed by atoms with van der Waals surface area (Å²) in [5.74, 6) is 0.520. The van der Waals surface area contributed by atoms with Gasteiger partial charge in [0.2, 0.25) is 0 Å². The highest BCUT2D eigenvalue weighted by Crippen LogP contribution is 2.42. The average molecular weight is 212 g/mol. The van der Waals surface area contributed by atoms with Gasteiger partial charge >= 0.3 is 6.09 Å². The van der Waals surface area contributed by atoms with Gasteiger partial charge in [0.05, 0.1) is 0 Å². The van der Waals surface area contributed by atoms with Gasteiger partial charge in [0.25, 0.3) is 0 Å². The largest absolute Gasteiger partial charge is 0.444 e. The van der Waals surface area contributed by atoms with E-state index in [4.69, 9.17) is 10.5 Å². The third-order valence-corrected chi connectivity index (χ3v) is 3.09. The lowest BCUT2D eigenvalue weighted by Gasteiger charge is -2.31. The molecular weight excluding hydrogens is 192 g/mol. The SMILES string of the molecule is CC(C)(C)OC(=O)N1CCC(N)C2CC21. The minimum absolute atomic E-state index is 0.179. The fourth-order valence-corrected chi connectivity index (χ4v) is 2.23. The van der Waals surface area contributed by atoms with Crippen LogP contribution in [0.4, 0.5) is 4.79 Å². The van der Waals surface area contributed by atoms with E-state index in [2.05, 4.69) is 0 Å². The van der Waals surface area contributed by atoms with Crippen molar-refractivity contribution in [3.63, 3.8) is 0 Å². The van der Waals surface area contributed by atoms with E-state index < -0.39 is 5.60 Å². The molecule has 2 N–H and O–H groups in total. The summed E-state index contributed by atoms with van der Waals surface area (Å²) < 4.78 is 5.36. The summed E-state index contributed by atoms with van der Waals surface area (Å²) >= 11 is 0. The molecule has 0 spiro atoms. The maximum absolute atomic E-state index is 11.8. The Kier molecular flexibility index (Phi) is 2.41. The topological polar surface area (TPSA) is 55.6 Å². The van der Waals surface area contributed by atoms with E-state index in [0.717, 1.165) is 19.4 Å². The molecule has 0 aromatic carbocycles. The highest BCUT2D eigenvalue weighted by Gasteiger charge is 2.51. The highest BCUT2D eigenvalue weighted by molar-refractivity contribution is 5.69. The van der Waals surface area contributed by atoms with Crippen molar-refractivity contribution in [2.45, 2.75) is 51.3 Å². The van der Waals surface area contributed by atoms with Crippen LogP contribution >= 0.6 is 0 Å². The number of carbonyl (C=O) groups is 1. The quantitative estimate of drug-likeness (QED) is 0.659. The van der Waals surface area contributed by atoms with Crippen molar-refractivity contribution in [1.29, 1.82) is 0 Å². The number of carbonyl (C=O) groups excluding carboxylic acids is 1. The van der Waals surface area contributed by atoms with Gasteiger partial charge in [0.1, 0.15) is 5.60 Å². The summed E-state index contributed by atoms with van der Waals surface area (Å²) in [4.78, 5) is 13.7. The predicted octanol–water partition coefficient (Wildman–Crippen LogP) is 1.34. The predicted molar refractivity (Wildman–Crippen MR) is 57.4 cm³/mol. The number of piperidine rings is 1. The van der Waals surface area contributed by atoms with Crippen LogP contribution in [-0.2, 0) is 4.74 Å². The second kappa shape index (κ2) is 3.37. The lowest BCUT2D eigenvalue weighted by atomic mass is 10.1. The lowest BCUT2D eigenvalue weighted by Crippen LogP contribution is -2.46. The Morgan fingerprint density at radius 3 is 2.73 bits per heavy atom. The van der Waals surface area contributed by atoms with E-state index in [1.54, 1.807) is 0 Å². The van der Waals surface area contributed by atoms with Crippen LogP contribution in [0.25, 0.3) is 0 Å². The maximum atomic E-state index is 11.8. The van der Waals surface area contributed by atoms with Crippen molar-refractivity contribution < 1.29 is 9.53 Å². The number of likely N-dealkylation sites (tertiary alicyclic amines) is 1. The highest BCUT2D eigenvalue weighted by atomic mass is 16.6. The van der Waals surface area contributed by atoms with E-state index in [0.29, 0.717) is 12.0 Å². The summed E-state index contributed by atoms with van der Waals surface area (Å²) in [5.41, 5.74) is 5.53. The molecule has 0 radical (unpaired) electrons. The summed E-state index contributed by atoms with van der Waals surface area (Å²) in [6, 6.07) is 0.636. The standard InChI is InChI=1S/C11H20N2O2/c1-11(2,3)15-10(14)13-5-4-8(12)7-6-9(7)13/h7-9H,4-6,12H2,1-3H3. The van der Waals surface area contributed by atoms with Gasteiger partial charge in [0, 0.05) is 18.6 Å². The van der Waals surface area contributed by atoms with E-state index in [1.807, 2.05) is 25.7 Å². The first kappa shape index (κ1) is 10.7. The monoisotopic (exact) mass is 212 g/mol. The van der Waals surface area contributed by atoms with Crippen LogP contribution < -0.4 is 5.73 Å². The number of hydrogen-bond donors (Lipinski definition) is 1. The van der Waals surface area contributed by atoms with E-state index >= 15 is 0 Å². The molecule has 4 heteroatoms. The molecule has 15 heavy (non-hydrogen) atoms. The average Bonchev–Trinajstić information content (AvgIpc) is 2.80. The molecule has 3 atom stereocenters. The molecule has 2 rings (SSSR count). The Morgan fingerprint density at radius 1 is 1.47 bits per heavy atom. The van der Waals surface area contributed by atoms with Crippen molar-refractivity contribution in [1.82, 2.24) is 4.90 Å². The van der Waals surface area contributed by atoms with Crippen LogP contribution in [0.1, 0.15) is 33.6 Å². The van der Waals surface area contributed by atoms with Crippen LogP contribution in [0.15, 0.2) is 0 Å². The number of nitrogens with two attached hydrogens (primary N) is 1. The Morgan fingerprint density at radius 2 is 2.13 bits per heavy atom. The number of hydrogen-bond acceptors (Lipinski definition) is 3. The fraction of sp³-hybridized carbons (Fsp3) is 0.909. The Hall–Kier alpha value is -0.770. The van der Waals surface area contributed by atoms with Crippen molar-refractivity contribution in [2.75, 3.05) is 6.54 Å². The number of amides is 1. The van der Waals surface area contributed by atoms with Crippen molar-refractivity contribution in [3.8, 4) is 0 Å². The lowest BCUT2D eigenvalue weighted by molar-refractivity contribution is 0.0185. The Labute approximate surface area is 90.8 Å². The van der Waals surface area contributed by atoms with Crippen LogP contribution in [0.2, 0.25) is 0 Å². The molecule has 0 bridgehead atoms. The van der Waals surface area contributed by atoms with Crippen LogP contribution in [-0.4, -0.2) is 35.2 Å². The maximum Gasteiger partial charge on any atom is 0.410 e. The minimum atomic E-state index is -0.402. The molecule has 1 heterocycles. The van der Waals surface area contributed by atoms with Crippen LogP contribution in [0, 0.1) is 5.92 Å². The number of nitrogens with zero attached hydrogens (tertiary/aromatic N) is 1. The first-order valence-corrected chi connectivity index (χ1v) is 5.64. The molecule has 86 valence electrons. The van der Waals surface area contributed by atoms with Gasteiger partial charge in [-0.15, -0.1) is 0 Å². The fourth-order valence-electron chi connectivity index (χ4n) is 2.23. The molecule has 2 fully saturated rings. The Balaban J connectivity index is 1.92. The molecule has 1 saturated carbocycles. The van der Waals surface area contributed by atoms with E-state index in [-0.39, 0.29) is 12.1 Å². The molecule has 2 aliphatic rings. The smallest absolute Gasteiger partial charge is 0.410 e. The Bertz CT molecular complexity index is 272. The molecule has 0 aromatic rings. The minimum Gasteiger partial charge on any atom is -0.444 e.